The maximum atomic E-state index is 5.97. The molecule has 0 aliphatic carbocycles. The second kappa shape index (κ2) is 15.2. The van der Waals surface area contributed by atoms with Gasteiger partial charge in [-0.15, -0.1) is 0 Å². The Balaban J connectivity index is 2.09. The number of nitrogens with zero attached hydrogens (tertiary/aromatic N) is 1. The van der Waals surface area contributed by atoms with Gasteiger partial charge in [0.1, 0.15) is 5.75 Å². The van der Waals surface area contributed by atoms with Crippen LogP contribution in [0.3, 0.4) is 0 Å². The fraction of sp³-hybridized carbons (Fsp3) is 0.630. The summed E-state index contributed by atoms with van der Waals surface area (Å²) in [7, 11) is 0. The van der Waals surface area contributed by atoms with Crippen LogP contribution >= 0.6 is 12.2 Å². The summed E-state index contributed by atoms with van der Waals surface area (Å²) in [6.45, 7) is 7.19. The fourth-order valence-corrected chi connectivity index (χ4v) is 4.50. The average Bonchev–Trinajstić information content (AvgIpc) is 2.79. The van der Waals surface area contributed by atoms with E-state index in [2.05, 4.69) is 30.2 Å². The summed E-state index contributed by atoms with van der Waals surface area (Å²) in [6.07, 6.45) is 17.3. The second-order valence-corrected chi connectivity index (χ2v) is 8.97. The SMILES string of the molecule is CCCCCCCCC(CCCCCC)C(=S)Nc1c(OCC)ccc2ncccc12. The van der Waals surface area contributed by atoms with E-state index in [-0.39, 0.29) is 0 Å². The summed E-state index contributed by atoms with van der Waals surface area (Å²) in [5.74, 6) is 1.29. The molecule has 1 heterocycles. The summed E-state index contributed by atoms with van der Waals surface area (Å²) < 4.78 is 5.92. The van der Waals surface area contributed by atoms with Gasteiger partial charge in [-0.3, -0.25) is 4.98 Å². The minimum Gasteiger partial charge on any atom is -0.492 e. The van der Waals surface area contributed by atoms with Crippen LogP contribution in [0.5, 0.6) is 5.75 Å². The zero-order chi connectivity index (χ0) is 22.3. The molecule has 0 radical (unpaired) electrons. The molecule has 0 saturated heterocycles. The summed E-state index contributed by atoms with van der Waals surface area (Å²) in [5, 5.41) is 4.68. The second-order valence-electron chi connectivity index (χ2n) is 8.53. The Morgan fingerprint density at radius 2 is 1.55 bits per heavy atom. The molecule has 31 heavy (non-hydrogen) atoms. The minimum atomic E-state index is 0.430. The fourth-order valence-electron chi connectivity index (χ4n) is 4.16. The first kappa shape index (κ1) is 25.6. The van der Waals surface area contributed by atoms with Gasteiger partial charge in [0.15, 0.2) is 0 Å². The highest BCUT2D eigenvalue weighted by molar-refractivity contribution is 7.80. The molecule has 0 aliphatic rings. The predicted molar refractivity (Wildman–Crippen MR) is 139 cm³/mol. The van der Waals surface area contributed by atoms with Crippen LogP contribution in [0.4, 0.5) is 5.69 Å². The normalized spacial score (nSPS) is 12.1. The highest BCUT2D eigenvalue weighted by Gasteiger charge is 2.18. The molecule has 0 fully saturated rings. The van der Waals surface area contributed by atoms with E-state index in [1.54, 1.807) is 0 Å². The monoisotopic (exact) mass is 442 g/mol. The number of fused-ring (bicyclic) bond motifs is 1. The lowest BCUT2D eigenvalue weighted by atomic mass is 9.93. The van der Waals surface area contributed by atoms with Crippen molar-refractivity contribution in [2.75, 3.05) is 11.9 Å². The van der Waals surface area contributed by atoms with Gasteiger partial charge < -0.3 is 10.1 Å². The molecule has 0 amide bonds. The van der Waals surface area contributed by atoms with Crippen LogP contribution in [0.1, 0.15) is 97.8 Å². The van der Waals surface area contributed by atoms with Crippen LogP contribution in [0.25, 0.3) is 10.9 Å². The van der Waals surface area contributed by atoms with Crippen molar-refractivity contribution < 1.29 is 4.74 Å². The number of ether oxygens (including phenoxy) is 1. The quantitative estimate of drug-likeness (QED) is 0.208. The zero-order valence-electron chi connectivity index (χ0n) is 19.9. The summed E-state index contributed by atoms with van der Waals surface area (Å²) in [4.78, 5) is 5.47. The largest absolute Gasteiger partial charge is 0.492 e. The van der Waals surface area contributed by atoms with Crippen LogP contribution in [0, 0.1) is 5.92 Å². The van der Waals surface area contributed by atoms with Crippen LogP contribution < -0.4 is 10.1 Å². The minimum absolute atomic E-state index is 0.430. The lowest BCUT2D eigenvalue weighted by Crippen LogP contribution is -2.22. The summed E-state index contributed by atoms with van der Waals surface area (Å²) in [6, 6.07) is 8.10. The van der Waals surface area contributed by atoms with Crippen LogP contribution in [-0.2, 0) is 0 Å². The average molecular weight is 443 g/mol. The topological polar surface area (TPSA) is 34.1 Å². The Morgan fingerprint density at radius 3 is 2.23 bits per heavy atom. The molecule has 1 atom stereocenters. The number of nitrogens with one attached hydrogen (secondary N) is 1. The van der Waals surface area contributed by atoms with Gasteiger partial charge in [0.25, 0.3) is 0 Å². The highest BCUT2D eigenvalue weighted by atomic mass is 32.1. The zero-order valence-corrected chi connectivity index (χ0v) is 20.7. The molecule has 1 unspecified atom stereocenters. The first-order valence-electron chi connectivity index (χ1n) is 12.5. The van der Waals surface area contributed by atoms with Crippen molar-refractivity contribution in [3.8, 4) is 5.75 Å². The van der Waals surface area contributed by atoms with Crippen LogP contribution in [0.15, 0.2) is 30.5 Å². The van der Waals surface area contributed by atoms with Gasteiger partial charge in [-0.1, -0.05) is 90.3 Å². The van der Waals surface area contributed by atoms with E-state index in [0.29, 0.717) is 12.5 Å². The number of aromatic nitrogens is 1. The number of hydrogen-bond acceptors (Lipinski definition) is 3. The first-order chi connectivity index (χ1) is 15.2. The number of rotatable bonds is 16. The molecule has 1 aromatic heterocycles. The lowest BCUT2D eigenvalue weighted by molar-refractivity contribution is 0.342. The Kier molecular flexibility index (Phi) is 12.5. The van der Waals surface area contributed by atoms with E-state index in [9.17, 15) is 0 Å². The Morgan fingerprint density at radius 1 is 0.903 bits per heavy atom. The number of benzene rings is 1. The predicted octanol–water partition coefficient (Wildman–Crippen LogP) is 8.71. The van der Waals surface area contributed by atoms with E-state index in [4.69, 9.17) is 17.0 Å². The third-order valence-electron chi connectivity index (χ3n) is 5.98. The van der Waals surface area contributed by atoms with Gasteiger partial charge in [0, 0.05) is 17.5 Å². The van der Waals surface area contributed by atoms with E-state index >= 15 is 0 Å². The molecule has 0 spiro atoms. The van der Waals surface area contributed by atoms with Crippen molar-refractivity contribution in [3.63, 3.8) is 0 Å². The number of unbranched alkanes of at least 4 members (excludes halogenated alkanes) is 8. The van der Waals surface area contributed by atoms with Crippen LogP contribution in [0.2, 0.25) is 0 Å². The Hall–Kier alpha value is -1.68. The highest BCUT2D eigenvalue weighted by Crippen LogP contribution is 2.34. The third-order valence-corrected chi connectivity index (χ3v) is 6.41. The molecule has 0 saturated carbocycles. The molecule has 0 bridgehead atoms. The molecule has 0 aliphatic heterocycles. The molecule has 3 nitrogen and oxygen atoms in total. The van der Waals surface area contributed by atoms with Crippen molar-refractivity contribution in [2.24, 2.45) is 5.92 Å². The van der Waals surface area contributed by atoms with E-state index in [1.165, 1.54) is 77.0 Å². The molecule has 2 rings (SSSR count). The summed E-state index contributed by atoms with van der Waals surface area (Å²) in [5.41, 5.74) is 1.94. The van der Waals surface area contributed by atoms with Crippen molar-refractivity contribution >= 4 is 33.8 Å². The number of hydrogen-bond donors (Lipinski definition) is 1. The maximum absolute atomic E-state index is 5.97. The van der Waals surface area contributed by atoms with Crippen molar-refractivity contribution in [1.82, 2.24) is 4.98 Å². The number of thiocarbonyl (C=S) groups is 1. The van der Waals surface area contributed by atoms with E-state index < -0.39 is 0 Å². The molecular weight excluding hydrogens is 400 g/mol. The van der Waals surface area contributed by atoms with Gasteiger partial charge >= 0.3 is 0 Å². The third kappa shape index (κ3) is 8.76. The Bertz CT molecular complexity index is 777. The standard InChI is InChI=1S/C27H42N2OS/c1-4-7-9-11-12-14-17-22(16-13-10-8-5-2)27(31)29-26-23-18-15-21-28-24(23)19-20-25(26)30-6-3/h15,18-22H,4-14,16-17H2,1-3H3,(H,29,31). The molecule has 1 N–H and O–H groups in total. The summed E-state index contributed by atoms with van der Waals surface area (Å²) >= 11 is 5.97. The lowest BCUT2D eigenvalue weighted by Gasteiger charge is -2.22. The maximum Gasteiger partial charge on any atom is 0.143 e. The van der Waals surface area contributed by atoms with Gasteiger partial charge in [-0.25, -0.2) is 0 Å². The molecule has 2 aromatic rings. The molecule has 172 valence electrons. The van der Waals surface area contributed by atoms with Gasteiger partial charge in [-0.2, -0.15) is 0 Å². The molecular formula is C27H42N2OS. The first-order valence-corrected chi connectivity index (χ1v) is 12.9. The van der Waals surface area contributed by atoms with Crippen molar-refractivity contribution in [1.29, 1.82) is 0 Å². The van der Waals surface area contributed by atoms with Crippen molar-refractivity contribution in [3.05, 3.63) is 30.5 Å². The van der Waals surface area contributed by atoms with Gasteiger partial charge in [-0.05, 0) is 44.0 Å². The van der Waals surface area contributed by atoms with E-state index in [1.807, 2.05) is 31.3 Å². The molecule has 1 aromatic carbocycles. The van der Waals surface area contributed by atoms with Gasteiger partial charge in [0.05, 0.1) is 22.8 Å². The number of pyridine rings is 1. The van der Waals surface area contributed by atoms with Crippen molar-refractivity contribution in [2.45, 2.75) is 97.8 Å². The Labute approximate surface area is 195 Å². The van der Waals surface area contributed by atoms with Gasteiger partial charge in [0.2, 0.25) is 0 Å². The van der Waals surface area contributed by atoms with Crippen LogP contribution in [-0.4, -0.2) is 16.6 Å². The van der Waals surface area contributed by atoms with E-state index in [0.717, 1.165) is 27.3 Å². The smallest absolute Gasteiger partial charge is 0.143 e. The molecule has 4 heteroatoms. The number of anilines is 1.